The smallest absolute Gasteiger partial charge is 0.261 e. The average Bonchev–Trinajstić information content (AvgIpc) is 2.71. The van der Waals surface area contributed by atoms with Crippen LogP contribution in [0.4, 0.5) is 11.4 Å². The van der Waals surface area contributed by atoms with E-state index in [-0.39, 0.29) is 15.5 Å². The zero-order valence-electron chi connectivity index (χ0n) is 16.7. The van der Waals surface area contributed by atoms with Crippen LogP contribution in [-0.4, -0.2) is 23.9 Å². The molecule has 7 nitrogen and oxygen atoms in total. The molecule has 3 rings (SSSR count). The highest BCUT2D eigenvalue weighted by Gasteiger charge is 2.17. The summed E-state index contributed by atoms with van der Waals surface area (Å²) in [6.45, 7) is 3.69. The van der Waals surface area contributed by atoms with Crippen molar-refractivity contribution in [3.8, 4) is 5.75 Å². The quantitative estimate of drug-likeness (QED) is 0.573. The molecule has 0 aliphatic rings. The molecule has 158 valence electrons. The van der Waals surface area contributed by atoms with Crippen LogP contribution in [0.15, 0.2) is 76.5 Å². The summed E-state index contributed by atoms with van der Waals surface area (Å²) < 4.78 is 60.4. The lowest BCUT2D eigenvalue weighted by Crippen LogP contribution is -2.15. The van der Waals surface area contributed by atoms with Gasteiger partial charge in [0.05, 0.1) is 22.6 Å². The Balaban J connectivity index is 1.79. The topological polar surface area (TPSA) is 102 Å². The number of hydrogen-bond donors (Lipinski definition) is 2. The third kappa shape index (κ3) is 4.92. The van der Waals surface area contributed by atoms with Gasteiger partial charge in [0, 0.05) is 5.69 Å². The van der Waals surface area contributed by atoms with Gasteiger partial charge in [-0.2, -0.15) is 0 Å². The van der Waals surface area contributed by atoms with Gasteiger partial charge in [0.15, 0.2) is 0 Å². The number of hydrogen-bond acceptors (Lipinski definition) is 5. The lowest BCUT2D eigenvalue weighted by atomic mass is 10.1. The minimum atomic E-state index is -3.82. The van der Waals surface area contributed by atoms with Crippen molar-refractivity contribution in [2.75, 3.05) is 16.6 Å². The lowest BCUT2D eigenvalue weighted by Gasteiger charge is -2.12. The van der Waals surface area contributed by atoms with Gasteiger partial charge in [0.25, 0.3) is 20.0 Å². The van der Waals surface area contributed by atoms with E-state index in [1.807, 2.05) is 26.0 Å². The molecule has 0 atom stereocenters. The van der Waals surface area contributed by atoms with Gasteiger partial charge >= 0.3 is 0 Å². The van der Waals surface area contributed by atoms with Crippen LogP contribution in [0.2, 0.25) is 0 Å². The maximum absolute atomic E-state index is 12.7. The highest BCUT2D eigenvalue weighted by atomic mass is 32.2. The number of nitrogens with one attached hydrogen (secondary N) is 2. The summed E-state index contributed by atoms with van der Waals surface area (Å²) in [6, 6.07) is 16.9. The first-order valence-corrected chi connectivity index (χ1v) is 11.9. The van der Waals surface area contributed by atoms with Crippen molar-refractivity contribution in [2.45, 2.75) is 23.6 Å². The Labute approximate surface area is 176 Å². The Morgan fingerprint density at radius 3 is 1.80 bits per heavy atom. The molecule has 2 N–H and O–H groups in total. The molecule has 0 amide bonds. The fourth-order valence-corrected chi connectivity index (χ4v) is 4.90. The van der Waals surface area contributed by atoms with Crippen LogP contribution in [0.25, 0.3) is 0 Å². The predicted molar refractivity (Wildman–Crippen MR) is 117 cm³/mol. The maximum atomic E-state index is 12.7. The van der Waals surface area contributed by atoms with Crippen LogP contribution in [0.5, 0.6) is 5.75 Å². The van der Waals surface area contributed by atoms with Crippen LogP contribution in [0, 0.1) is 13.8 Å². The SMILES string of the molecule is COc1ccc(S(=O)(=O)Nc2ccc(S(=O)(=O)Nc3cc(C)ccc3C)cc2)cc1. The fourth-order valence-electron chi connectivity index (χ4n) is 2.72. The van der Waals surface area contributed by atoms with E-state index in [1.54, 1.807) is 18.2 Å². The average molecular weight is 447 g/mol. The normalized spacial score (nSPS) is 11.7. The van der Waals surface area contributed by atoms with Gasteiger partial charge in [-0.1, -0.05) is 12.1 Å². The Morgan fingerprint density at radius 1 is 0.700 bits per heavy atom. The molecule has 0 bridgehead atoms. The van der Waals surface area contributed by atoms with Gasteiger partial charge < -0.3 is 4.74 Å². The molecule has 0 radical (unpaired) electrons. The second kappa shape index (κ2) is 8.37. The summed E-state index contributed by atoms with van der Waals surface area (Å²) in [4.78, 5) is 0.0902. The molecule has 0 fully saturated rings. The molecule has 3 aromatic rings. The molecule has 0 aromatic heterocycles. The monoisotopic (exact) mass is 446 g/mol. The Morgan fingerprint density at radius 2 is 1.23 bits per heavy atom. The van der Waals surface area contributed by atoms with Gasteiger partial charge in [-0.05, 0) is 79.6 Å². The van der Waals surface area contributed by atoms with Gasteiger partial charge in [-0.25, -0.2) is 16.8 Å². The van der Waals surface area contributed by atoms with Crippen molar-refractivity contribution in [1.82, 2.24) is 0 Å². The minimum absolute atomic E-state index is 0.0239. The van der Waals surface area contributed by atoms with E-state index in [1.165, 1.54) is 43.5 Å². The van der Waals surface area contributed by atoms with Crippen LogP contribution in [0.3, 0.4) is 0 Å². The molecule has 3 aromatic carbocycles. The highest BCUT2D eigenvalue weighted by Crippen LogP contribution is 2.23. The van der Waals surface area contributed by atoms with E-state index in [9.17, 15) is 16.8 Å². The molecule has 0 aliphatic carbocycles. The van der Waals surface area contributed by atoms with E-state index in [2.05, 4.69) is 9.44 Å². The molecular weight excluding hydrogens is 424 g/mol. The zero-order valence-corrected chi connectivity index (χ0v) is 18.3. The number of ether oxygens (including phenoxy) is 1. The van der Waals surface area contributed by atoms with Crippen LogP contribution >= 0.6 is 0 Å². The Bertz CT molecular complexity index is 1250. The Hall–Kier alpha value is -3.04. The molecule has 0 saturated carbocycles. The number of anilines is 2. The summed E-state index contributed by atoms with van der Waals surface area (Å²) in [6.07, 6.45) is 0. The molecule has 30 heavy (non-hydrogen) atoms. The van der Waals surface area contributed by atoms with Crippen molar-refractivity contribution in [3.63, 3.8) is 0 Å². The van der Waals surface area contributed by atoms with Gasteiger partial charge in [0.1, 0.15) is 5.75 Å². The van der Waals surface area contributed by atoms with Crippen molar-refractivity contribution < 1.29 is 21.6 Å². The largest absolute Gasteiger partial charge is 0.497 e. The number of benzene rings is 3. The fraction of sp³-hybridized carbons (Fsp3) is 0.143. The third-order valence-corrected chi connectivity index (χ3v) is 7.20. The summed E-state index contributed by atoms with van der Waals surface area (Å²) in [5.74, 6) is 0.542. The van der Waals surface area contributed by atoms with Crippen molar-refractivity contribution >= 4 is 31.4 Å². The van der Waals surface area contributed by atoms with Crippen molar-refractivity contribution in [1.29, 1.82) is 0 Å². The highest BCUT2D eigenvalue weighted by molar-refractivity contribution is 7.93. The molecule has 9 heteroatoms. The van der Waals surface area contributed by atoms with Crippen LogP contribution in [-0.2, 0) is 20.0 Å². The second-order valence-corrected chi connectivity index (χ2v) is 10.1. The zero-order chi connectivity index (χ0) is 21.9. The predicted octanol–water partition coefficient (Wildman–Crippen LogP) is 3.91. The van der Waals surface area contributed by atoms with Crippen LogP contribution in [0.1, 0.15) is 11.1 Å². The second-order valence-electron chi connectivity index (χ2n) is 6.73. The molecule has 0 heterocycles. The van der Waals surface area contributed by atoms with E-state index in [4.69, 9.17) is 4.74 Å². The van der Waals surface area contributed by atoms with Gasteiger partial charge in [-0.15, -0.1) is 0 Å². The van der Waals surface area contributed by atoms with Gasteiger partial charge in [0.2, 0.25) is 0 Å². The molecule has 0 saturated heterocycles. The first-order chi connectivity index (χ1) is 14.1. The number of rotatable bonds is 7. The maximum Gasteiger partial charge on any atom is 0.261 e. The van der Waals surface area contributed by atoms with E-state index < -0.39 is 20.0 Å². The molecule has 0 aliphatic heterocycles. The summed E-state index contributed by atoms with van der Waals surface area (Å²) in [5, 5.41) is 0. The Kier molecular flexibility index (Phi) is 6.04. The number of sulfonamides is 2. The standard InChI is InChI=1S/C21H22N2O5S2/c1-15-4-5-16(2)21(14-15)23-30(26,27)19-10-6-17(7-11-19)22-29(24,25)20-12-8-18(28-3)9-13-20/h4-14,22-23H,1-3H3. The summed E-state index contributed by atoms with van der Waals surface area (Å²) in [5.41, 5.74) is 2.48. The van der Waals surface area contributed by atoms with E-state index in [0.717, 1.165) is 11.1 Å². The lowest BCUT2D eigenvalue weighted by molar-refractivity contribution is 0.414. The first kappa shape index (κ1) is 21.7. The first-order valence-electron chi connectivity index (χ1n) is 8.98. The molecule has 0 unspecified atom stereocenters. The summed E-state index contributed by atoms with van der Waals surface area (Å²) >= 11 is 0. The number of methoxy groups -OCH3 is 1. The summed E-state index contributed by atoms with van der Waals surface area (Å²) in [7, 11) is -6.14. The molecular formula is C21H22N2O5S2. The van der Waals surface area contributed by atoms with Gasteiger partial charge in [-0.3, -0.25) is 9.44 Å². The third-order valence-electron chi connectivity index (χ3n) is 4.42. The van der Waals surface area contributed by atoms with Crippen molar-refractivity contribution in [2.24, 2.45) is 0 Å². The number of aryl methyl sites for hydroxylation is 2. The minimum Gasteiger partial charge on any atom is -0.497 e. The van der Waals surface area contributed by atoms with E-state index in [0.29, 0.717) is 11.4 Å². The van der Waals surface area contributed by atoms with Crippen LogP contribution < -0.4 is 14.2 Å². The van der Waals surface area contributed by atoms with E-state index >= 15 is 0 Å². The van der Waals surface area contributed by atoms with Crippen molar-refractivity contribution in [3.05, 3.63) is 77.9 Å². The molecule has 0 spiro atoms.